The molecule has 7 nitrogen and oxygen atoms in total. The molecule has 1 heterocycles. The summed E-state index contributed by atoms with van der Waals surface area (Å²) in [5.41, 5.74) is 6.62. The molecular weight excluding hydrogens is 246 g/mol. The lowest BCUT2D eigenvalue weighted by atomic mass is 10.1. The number of rotatable bonds is 4. The lowest BCUT2D eigenvalue weighted by Crippen LogP contribution is -2.37. The van der Waals surface area contributed by atoms with Gasteiger partial charge in [-0.3, -0.25) is 9.89 Å². The van der Waals surface area contributed by atoms with Gasteiger partial charge in [-0.05, 0) is 11.6 Å². The summed E-state index contributed by atoms with van der Waals surface area (Å²) in [5.74, 6) is -0.489. The van der Waals surface area contributed by atoms with Crippen LogP contribution in [0.15, 0.2) is 47.8 Å². The van der Waals surface area contributed by atoms with Crippen molar-refractivity contribution in [2.45, 2.75) is 6.04 Å². The van der Waals surface area contributed by atoms with Crippen molar-refractivity contribution in [1.29, 1.82) is 0 Å². The van der Waals surface area contributed by atoms with Crippen LogP contribution in [0.25, 0.3) is 0 Å². The standard InChI is InChI=1S/C12H13N5O2/c13-11(17-19)10(8-4-2-1-3-5-8)15-12(18)9-6-7-14-16-9/h1-7,10,19H,(H2,13,17)(H,14,16)(H,15,18). The van der Waals surface area contributed by atoms with Gasteiger partial charge in [0, 0.05) is 6.20 Å². The third kappa shape index (κ3) is 2.89. The predicted octanol–water partition coefficient (Wildman–Crippen LogP) is 0.627. The summed E-state index contributed by atoms with van der Waals surface area (Å²) in [6.07, 6.45) is 1.47. The van der Waals surface area contributed by atoms with Gasteiger partial charge >= 0.3 is 0 Å². The number of amidine groups is 1. The minimum Gasteiger partial charge on any atom is -0.409 e. The van der Waals surface area contributed by atoms with E-state index in [4.69, 9.17) is 10.9 Å². The summed E-state index contributed by atoms with van der Waals surface area (Å²) >= 11 is 0. The van der Waals surface area contributed by atoms with E-state index >= 15 is 0 Å². The number of nitrogens with zero attached hydrogens (tertiary/aromatic N) is 2. The molecule has 0 radical (unpaired) electrons. The van der Waals surface area contributed by atoms with E-state index in [2.05, 4.69) is 20.7 Å². The maximum absolute atomic E-state index is 11.9. The Kier molecular flexibility index (Phi) is 3.77. The Morgan fingerprint density at radius 2 is 2.11 bits per heavy atom. The molecule has 0 saturated carbocycles. The summed E-state index contributed by atoms with van der Waals surface area (Å²) in [6.45, 7) is 0. The number of nitrogens with two attached hydrogens (primary N) is 1. The van der Waals surface area contributed by atoms with E-state index in [-0.39, 0.29) is 5.84 Å². The Hall–Kier alpha value is -2.83. The van der Waals surface area contributed by atoms with E-state index in [0.717, 1.165) is 0 Å². The molecule has 1 unspecified atom stereocenters. The van der Waals surface area contributed by atoms with Crippen molar-refractivity contribution in [1.82, 2.24) is 15.5 Å². The molecule has 0 fully saturated rings. The fourth-order valence-corrected chi connectivity index (χ4v) is 1.62. The van der Waals surface area contributed by atoms with E-state index in [1.807, 2.05) is 6.07 Å². The molecule has 19 heavy (non-hydrogen) atoms. The minimum atomic E-state index is -0.706. The van der Waals surface area contributed by atoms with Crippen molar-refractivity contribution in [3.8, 4) is 0 Å². The molecule has 7 heteroatoms. The second-order valence-electron chi connectivity index (χ2n) is 3.81. The van der Waals surface area contributed by atoms with Crippen LogP contribution in [0.2, 0.25) is 0 Å². The monoisotopic (exact) mass is 259 g/mol. The van der Waals surface area contributed by atoms with Crippen molar-refractivity contribution in [2.24, 2.45) is 10.9 Å². The topological polar surface area (TPSA) is 116 Å². The number of oxime groups is 1. The lowest BCUT2D eigenvalue weighted by Gasteiger charge is -2.17. The Bertz CT molecular complexity index is 565. The SMILES string of the molecule is N/C(=N\O)C(NC(=O)c1ccn[nH]1)c1ccccc1. The lowest BCUT2D eigenvalue weighted by molar-refractivity contribution is 0.0941. The van der Waals surface area contributed by atoms with Gasteiger partial charge in [0.15, 0.2) is 5.84 Å². The van der Waals surface area contributed by atoms with Gasteiger partial charge in [-0.1, -0.05) is 35.5 Å². The van der Waals surface area contributed by atoms with Crippen LogP contribution >= 0.6 is 0 Å². The fraction of sp³-hybridized carbons (Fsp3) is 0.0833. The van der Waals surface area contributed by atoms with E-state index in [1.165, 1.54) is 12.3 Å². The van der Waals surface area contributed by atoms with E-state index < -0.39 is 11.9 Å². The number of hydrogen-bond acceptors (Lipinski definition) is 4. The smallest absolute Gasteiger partial charge is 0.270 e. The van der Waals surface area contributed by atoms with Gasteiger partial charge in [0.25, 0.3) is 5.91 Å². The highest BCUT2D eigenvalue weighted by Crippen LogP contribution is 2.13. The van der Waals surface area contributed by atoms with Gasteiger partial charge in [0.05, 0.1) is 0 Å². The molecule has 98 valence electrons. The molecule has 0 saturated heterocycles. The molecule has 0 aliphatic heterocycles. The molecule has 1 aromatic carbocycles. The Morgan fingerprint density at radius 3 is 2.68 bits per heavy atom. The first-order chi connectivity index (χ1) is 9.22. The second kappa shape index (κ2) is 5.67. The van der Waals surface area contributed by atoms with Gasteiger partial charge in [0.1, 0.15) is 11.7 Å². The van der Waals surface area contributed by atoms with E-state index in [9.17, 15) is 4.79 Å². The first-order valence-electron chi connectivity index (χ1n) is 5.55. The molecule has 2 rings (SSSR count). The summed E-state index contributed by atoms with van der Waals surface area (Å²) in [7, 11) is 0. The number of hydrogen-bond donors (Lipinski definition) is 4. The van der Waals surface area contributed by atoms with Crippen molar-refractivity contribution in [2.75, 3.05) is 0 Å². The normalized spacial score (nSPS) is 12.9. The van der Waals surface area contributed by atoms with Crippen LogP contribution < -0.4 is 11.1 Å². The molecule has 1 atom stereocenters. The third-order valence-corrected chi connectivity index (χ3v) is 2.56. The van der Waals surface area contributed by atoms with Crippen molar-refractivity contribution >= 4 is 11.7 Å². The van der Waals surface area contributed by atoms with Gasteiger partial charge in [-0.25, -0.2) is 0 Å². The van der Waals surface area contributed by atoms with Gasteiger partial charge in [-0.2, -0.15) is 5.10 Å². The van der Waals surface area contributed by atoms with Crippen LogP contribution in [-0.4, -0.2) is 27.1 Å². The molecule has 0 spiro atoms. The van der Waals surface area contributed by atoms with Crippen LogP contribution in [-0.2, 0) is 0 Å². The molecule has 2 aromatic rings. The number of nitrogens with one attached hydrogen (secondary N) is 2. The van der Waals surface area contributed by atoms with Crippen LogP contribution in [0, 0.1) is 0 Å². The molecule has 0 aliphatic rings. The Morgan fingerprint density at radius 1 is 1.37 bits per heavy atom. The third-order valence-electron chi connectivity index (χ3n) is 2.56. The largest absolute Gasteiger partial charge is 0.409 e. The zero-order chi connectivity index (χ0) is 13.7. The highest BCUT2D eigenvalue weighted by Gasteiger charge is 2.20. The van der Waals surface area contributed by atoms with Gasteiger partial charge in [0.2, 0.25) is 0 Å². The highest BCUT2D eigenvalue weighted by molar-refractivity contribution is 5.97. The molecule has 1 amide bonds. The van der Waals surface area contributed by atoms with Crippen molar-refractivity contribution in [3.05, 3.63) is 53.9 Å². The quantitative estimate of drug-likeness (QED) is 0.279. The summed E-state index contributed by atoms with van der Waals surface area (Å²) in [4.78, 5) is 11.9. The number of aromatic amines is 1. The molecule has 0 bridgehead atoms. The average Bonchev–Trinajstić information content (AvgIpc) is 2.99. The fourth-order valence-electron chi connectivity index (χ4n) is 1.62. The number of benzene rings is 1. The molecule has 0 aliphatic carbocycles. The molecular formula is C12H13N5O2. The average molecular weight is 259 g/mol. The Labute approximate surface area is 109 Å². The first kappa shape index (κ1) is 12.6. The maximum Gasteiger partial charge on any atom is 0.270 e. The molecule has 1 aromatic heterocycles. The number of carbonyl (C=O) groups excluding carboxylic acids is 1. The minimum absolute atomic E-state index is 0.0981. The van der Waals surface area contributed by atoms with E-state index in [0.29, 0.717) is 11.3 Å². The number of aromatic nitrogens is 2. The van der Waals surface area contributed by atoms with Crippen LogP contribution in [0.1, 0.15) is 22.1 Å². The van der Waals surface area contributed by atoms with Gasteiger partial charge < -0.3 is 16.3 Å². The van der Waals surface area contributed by atoms with Gasteiger partial charge in [-0.15, -0.1) is 0 Å². The molecule has 5 N–H and O–H groups in total. The first-order valence-corrected chi connectivity index (χ1v) is 5.55. The Balaban J connectivity index is 2.23. The zero-order valence-corrected chi connectivity index (χ0v) is 9.95. The number of carbonyl (C=O) groups is 1. The highest BCUT2D eigenvalue weighted by atomic mass is 16.4. The van der Waals surface area contributed by atoms with Crippen LogP contribution in [0.4, 0.5) is 0 Å². The maximum atomic E-state index is 11.9. The summed E-state index contributed by atoms with van der Waals surface area (Å²) in [5, 5.41) is 20.7. The van der Waals surface area contributed by atoms with Crippen LogP contribution in [0.3, 0.4) is 0 Å². The second-order valence-corrected chi connectivity index (χ2v) is 3.81. The van der Waals surface area contributed by atoms with E-state index in [1.54, 1.807) is 24.3 Å². The van der Waals surface area contributed by atoms with Crippen molar-refractivity contribution in [3.63, 3.8) is 0 Å². The van der Waals surface area contributed by atoms with Crippen molar-refractivity contribution < 1.29 is 10.0 Å². The number of amides is 1. The zero-order valence-electron chi connectivity index (χ0n) is 9.95. The summed E-state index contributed by atoms with van der Waals surface area (Å²) in [6, 6.07) is 9.81. The number of H-pyrrole nitrogens is 1. The van der Waals surface area contributed by atoms with Crippen LogP contribution in [0.5, 0.6) is 0 Å². The summed E-state index contributed by atoms with van der Waals surface area (Å²) < 4.78 is 0. The predicted molar refractivity (Wildman–Crippen MR) is 68.6 cm³/mol.